The van der Waals surface area contributed by atoms with Crippen LogP contribution in [-0.2, 0) is 4.74 Å². The van der Waals surface area contributed by atoms with Gasteiger partial charge in [-0.05, 0) is 38.7 Å². The largest absolute Gasteiger partial charge is 0.467 e. The Bertz CT molecular complexity index is 1320. The highest BCUT2D eigenvalue weighted by Gasteiger charge is 2.18. The summed E-state index contributed by atoms with van der Waals surface area (Å²) in [6.45, 7) is 0.205. The minimum Gasteiger partial charge on any atom is -0.467 e. The Kier molecular flexibility index (Phi) is 4.92. The second-order valence-corrected chi connectivity index (χ2v) is 7.29. The number of hydrogen-bond donors (Lipinski definition) is 0. The minimum absolute atomic E-state index is 0.205. The van der Waals surface area contributed by atoms with Gasteiger partial charge in [0, 0.05) is 18.2 Å². The van der Waals surface area contributed by atoms with E-state index in [1.165, 1.54) is 38.2 Å². The van der Waals surface area contributed by atoms with E-state index in [9.17, 15) is 0 Å². The van der Waals surface area contributed by atoms with Crippen molar-refractivity contribution in [3.05, 3.63) is 103 Å². The van der Waals surface area contributed by atoms with Crippen LogP contribution < -0.4 is 4.74 Å². The molecule has 0 heterocycles. The highest BCUT2D eigenvalue weighted by molar-refractivity contribution is 6.12. The monoisotopic (exact) mass is 390 g/mol. The van der Waals surface area contributed by atoms with Crippen LogP contribution in [0.15, 0.2) is 103 Å². The van der Waals surface area contributed by atoms with E-state index in [0.717, 1.165) is 11.3 Å². The molecule has 0 saturated heterocycles. The maximum Gasteiger partial charge on any atom is 0.188 e. The molecule has 0 amide bonds. The van der Waals surface area contributed by atoms with Crippen LogP contribution in [0.5, 0.6) is 5.75 Å². The van der Waals surface area contributed by atoms with Crippen molar-refractivity contribution < 1.29 is 9.47 Å². The molecular weight excluding hydrogens is 368 g/mol. The van der Waals surface area contributed by atoms with Gasteiger partial charge in [0.15, 0.2) is 6.79 Å². The van der Waals surface area contributed by atoms with Crippen molar-refractivity contribution in [3.63, 3.8) is 0 Å². The summed E-state index contributed by atoms with van der Waals surface area (Å²) in [5.41, 5.74) is 4.65. The summed E-state index contributed by atoms with van der Waals surface area (Å²) in [6.07, 6.45) is 0. The number of ether oxygens (including phenoxy) is 2. The molecule has 0 bridgehead atoms. The third-order valence-corrected chi connectivity index (χ3v) is 5.49. The Balaban J connectivity index is 1.92. The fourth-order valence-corrected chi connectivity index (χ4v) is 4.15. The average Bonchev–Trinajstić information content (AvgIpc) is 2.82. The smallest absolute Gasteiger partial charge is 0.188 e. The Hall–Kier alpha value is -3.62. The average molecular weight is 390 g/mol. The SMILES string of the molecule is COCOc1ccc2ccccc2c1-c1c(-c2ccccc2)ccc2ccccc12. The zero-order valence-corrected chi connectivity index (χ0v) is 16.8. The summed E-state index contributed by atoms with van der Waals surface area (Å²) in [4.78, 5) is 0. The molecular formula is C28H22O2. The van der Waals surface area contributed by atoms with E-state index in [1.54, 1.807) is 7.11 Å². The van der Waals surface area contributed by atoms with Crippen LogP contribution in [-0.4, -0.2) is 13.9 Å². The van der Waals surface area contributed by atoms with Gasteiger partial charge in [0.25, 0.3) is 0 Å². The van der Waals surface area contributed by atoms with Gasteiger partial charge >= 0.3 is 0 Å². The maximum atomic E-state index is 6.07. The number of hydrogen-bond acceptors (Lipinski definition) is 2. The maximum absolute atomic E-state index is 6.07. The number of benzene rings is 5. The predicted molar refractivity (Wildman–Crippen MR) is 125 cm³/mol. The van der Waals surface area contributed by atoms with Crippen LogP contribution in [0.4, 0.5) is 0 Å². The fraction of sp³-hybridized carbons (Fsp3) is 0.0714. The summed E-state index contributed by atoms with van der Waals surface area (Å²) >= 11 is 0. The predicted octanol–water partition coefficient (Wildman–Crippen LogP) is 7.31. The minimum atomic E-state index is 0.205. The summed E-state index contributed by atoms with van der Waals surface area (Å²) in [5.74, 6) is 0.823. The molecule has 30 heavy (non-hydrogen) atoms. The summed E-state index contributed by atoms with van der Waals surface area (Å²) in [7, 11) is 1.65. The molecule has 0 spiro atoms. The second kappa shape index (κ2) is 8.02. The fourth-order valence-electron chi connectivity index (χ4n) is 4.15. The van der Waals surface area contributed by atoms with Gasteiger partial charge in [0.1, 0.15) is 5.75 Å². The molecule has 2 nitrogen and oxygen atoms in total. The van der Waals surface area contributed by atoms with E-state index >= 15 is 0 Å². The Morgan fingerprint density at radius 1 is 0.567 bits per heavy atom. The van der Waals surface area contributed by atoms with E-state index in [1.807, 2.05) is 6.07 Å². The highest BCUT2D eigenvalue weighted by Crippen LogP contribution is 2.45. The topological polar surface area (TPSA) is 18.5 Å². The van der Waals surface area contributed by atoms with Crippen molar-refractivity contribution in [2.24, 2.45) is 0 Å². The molecule has 0 unspecified atom stereocenters. The third kappa shape index (κ3) is 3.22. The molecule has 0 fully saturated rings. The van der Waals surface area contributed by atoms with Crippen LogP contribution in [0, 0.1) is 0 Å². The van der Waals surface area contributed by atoms with Gasteiger partial charge in [-0.2, -0.15) is 0 Å². The van der Waals surface area contributed by atoms with Gasteiger partial charge in [0.2, 0.25) is 0 Å². The van der Waals surface area contributed by atoms with Crippen LogP contribution in [0.3, 0.4) is 0 Å². The van der Waals surface area contributed by atoms with E-state index in [-0.39, 0.29) is 6.79 Å². The van der Waals surface area contributed by atoms with E-state index in [4.69, 9.17) is 9.47 Å². The molecule has 0 N–H and O–H groups in total. The highest BCUT2D eigenvalue weighted by atomic mass is 16.7. The Morgan fingerprint density at radius 2 is 1.17 bits per heavy atom. The first-order valence-corrected chi connectivity index (χ1v) is 10.1. The second-order valence-electron chi connectivity index (χ2n) is 7.29. The van der Waals surface area contributed by atoms with E-state index < -0.39 is 0 Å². The lowest BCUT2D eigenvalue weighted by molar-refractivity contribution is 0.0516. The standard InChI is InChI=1S/C28H22O2/c1-29-19-30-26-18-16-22-12-6-8-14-24(22)28(26)27-23-13-7-5-11-21(23)15-17-25(27)20-9-3-2-4-10-20/h2-18H,19H2,1H3. The zero-order valence-electron chi connectivity index (χ0n) is 16.8. The first-order valence-electron chi connectivity index (χ1n) is 10.1. The molecule has 5 aromatic carbocycles. The van der Waals surface area contributed by atoms with E-state index in [2.05, 4.69) is 97.1 Å². The van der Waals surface area contributed by atoms with Crippen molar-refractivity contribution in [2.45, 2.75) is 0 Å². The number of methoxy groups -OCH3 is 1. The van der Waals surface area contributed by atoms with E-state index in [0.29, 0.717) is 0 Å². The van der Waals surface area contributed by atoms with Crippen molar-refractivity contribution in [3.8, 4) is 28.0 Å². The Labute approximate surface area is 176 Å². The van der Waals surface area contributed by atoms with Crippen LogP contribution in [0.2, 0.25) is 0 Å². The Morgan fingerprint density at radius 3 is 1.87 bits per heavy atom. The summed E-state index contributed by atoms with van der Waals surface area (Å²) in [6, 6.07) is 36.1. The van der Waals surface area contributed by atoms with Crippen molar-refractivity contribution >= 4 is 21.5 Å². The van der Waals surface area contributed by atoms with Gasteiger partial charge in [-0.15, -0.1) is 0 Å². The molecule has 0 aliphatic carbocycles. The van der Waals surface area contributed by atoms with Gasteiger partial charge in [-0.25, -0.2) is 0 Å². The molecule has 0 aliphatic rings. The molecule has 0 radical (unpaired) electrons. The first kappa shape index (κ1) is 18.4. The third-order valence-electron chi connectivity index (χ3n) is 5.49. The molecule has 5 rings (SSSR count). The summed E-state index contributed by atoms with van der Waals surface area (Å²) in [5, 5.41) is 4.76. The van der Waals surface area contributed by atoms with Crippen LogP contribution in [0.25, 0.3) is 43.8 Å². The quantitative estimate of drug-likeness (QED) is 0.293. The molecule has 2 heteroatoms. The first-order chi connectivity index (χ1) is 14.9. The zero-order chi connectivity index (χ0) is 20.3. The van der Waals surface area contributed by atoms with Gasteiger partial charge < -0.3 is 9.47 Å². The van der Waals surface area contributed by atoms with Gasteiger partial charge in [-0.3, -0.25) is 0 Å². The van der Waals surface area contributed by atoms with Gasteiger partial charge in [0.05, 0.1) is 0 Å². The molecule has 0 atom stereocenters. The molecule has 5 aromatic rings. The molecule has 0 aromatic heterocycles. The molecule has 146 valence electrons. The lowest BCUT2D eigenvalue weighted by atomic mass is 9.87. The van der Waals surface area contributed by atoms with Crippen LogP contribution >= 0.6 is 0 Å². The summed E-state index contributed by atoms with van der Waals surface area (Å²) < 4.78 is 11.3. The number of rotatable bonds is 5. The number of fused-ring (bicyclic) bond motifs is 2. The normalized spacial score (nSPS) is 11.1. The molecule has 0 aliphatic heterocycles. The van der Waals surface area contributed by atoms with Crippen LogP contribution in [0.1, 0.15) is 0 Å². The van der Waals surface area contributed by atoms with Gasteiger partial charge in [-0.1, -0.05) is 97.1 Å². The van der Waals surface area contributed by atoms with Crippen molar-refractivity contribution in [1.82, 2.24) is 0 Å². The lowest BCUT2D eigenvalue weighted by Gasteiger charge is -2.19. The van der Waals surface area contributed by atoms with Crippen molar-refractivity contribution in [2.75, 3.05) is 13.9 Å². The molecule has 0 saturated carbocycles. The van der Waals surface area contributed by atoms with Crippen molar-refractivity contribution in [1.29, 1.82) is 0 Å². The lowest BCUT2D eigenvalue weighted by Crippen LogP contribution is -2.01.